The van der Waals surface area contributed by atoms with Gasteiger partial charge in [0.15, 0.2) is 0 Å². The number of hydrogen-bond acceptors (Lipinski definition) is 4. The molecule has 0 aliphatic heterocycles. The summed E-state index contributed by atoms with van der Waals surface area (Å²) in [7, 11) is -0.0539. The maximum Gasteiger partial charge on any atom is 0.246 e. The lowest BCUT2D eigenvalue weighted by molar-refractivity contribution is -0.145. The molecule has 0 radical (unpaired) electrons. The van der Waals surface area contributed by atoms with Crippen molar-refractivity contribution in [3.05, 3.63) is 12.4 Å². The Kier molecular flexibility index (Phi) is 4.07. The largest absolute Gasteiger partial charge is 0.378 e. The first kappa shape index (κ1) is 16.0. The lowest BCUT2D eigenvalue weighted by Crippen LogP contribution is -2.63. The number of sulfonamides is 1. The molecule has 2 aliphatic carbocycles. The Morgan fingerprint density at radius 2 is 2.14 bits per heavy atom. The smallest absolute Gasteiger partial charge is 0.246 e. The van der Waals surface area contributed by atoms with Crippen LogP contribution >= 0.6 is 0 Å². The minimum atomic E-state index is -3.49. The van der Waals surface area contributed by atoms with Gasteiger partial charge in [0.2, 0.25) is 10.0 Å². The van der Waals surface area contributed by atoms with Crippen molar-refractivity contribution < 1.29 is 13.2 Å². The van der Waals surface area contributed by atoms with Crippen LogP contribution in [0.3, 0.4) is 0 Å². The Balaban J connectivity index is 1.84. The van der Waals surface area contributed by atoms with Crippen molar-refractivity contribution in [3.63, 3.8) is 0 Å². The average Bonchev–Trinajstić information content (AvgIpc) is 3.12. The Morgan fingerprint density at radius 1 is 1.45 bits per heavy atom. The highest BCUT2D eigenvalue weighted by molar-refractivity contribution is 7.89. The fourth-order valence-electron chi connectivity index (χ4n) is 4.23. The summed E-state index contributed by atoms with van der Waals surface area (Å²) in [4.78, 5) is 0.269. The first-order chi connectivity index (χ1) is 10.4. The Hall–Kier alpha value is -0.920. The summed E-state index contributed by atoms with van der Waals surface area (Å²) in [6.45, 7) is 2.70. The van der Waals surface area contributed by atoms with Gasteiger partial charge in [-0.25, -0.2) is 8.42 Å². The van der Waals surface area contributed by atoms with Gasteiger partial charge in [0.1, 0.15) is 4.90 Å². The van der Waals surface area contributed by atoms with Crippen LogP contribution in [0.15, 0.2) is 17.3 Å². The van der Waals surface area contributed by atoms with E-state index in [1.807, 2.05) is 6.92 Å². The minimum Gasteiger partial charge on any atom is -0.378 e. The number of aryl methyl sites for hydroxylation is 1. The van der Waals surface area contributed by atoms with E-state index >= 15 is 0 Å². The van der Waals surface area contributed by atoms with E-state index in [0.717, 1.165) is 19.3 Å². The van der Waals surface area contributed by atoms with E-state index in [9.17, 15) is 8.42 Å². The SMILES string of the molecule is CCO[C@@H]1C[C@@H](N(C)S(=O)(=O)c2cnn(C)c2)C12CCCC2. The van der Waals surface area contributed by atoms with Crippen molar-refractivity contribution in [2.75, 3.05) is 13.7 Å². The number of ether oxygens (including phenoxy) is 1. The van der Waals surface area contributed by atoms with Crippen LogP contribution in [0.25, 0.3) is 0 Å². The molecular weight excluding hydrogens is 302 g/mol. The zero-order valence-corrected chi connectivity index (χ0v) is 14.3. The molecule has 2 atom stereocenters. The van der Waals surface area contributed by atoms with Gasteiger partial charge in [0.05, 0.1) is 12.3 Å². The van der Waals surface area contributed by atoms with Crippen molar-refractivity contribution in [2.24, 2.45) is 12.5 Å². The summed E-state index contributed by atoms with van der Waals surface area (Å²) in [5, 5.41) is 3.99. The quantitative estimate of drug-likeness (QED) is 0.827. The van der Waals surface area contributed by atoms with Crippen molar-refractivity contribution in [1.82, 2.24) is 14.1 Å². The van der Waals surface area contributed by atoms with Gasteiger partial charge < -0.3 is 4.74 Å². The lowest BCUT2D eigenvalue weighted by atomic mass is 9.60. The third-order valence-electron chi connectivity index (χ3n) is 5.44. The van der Waals surface area contributed by atoms with Crippen LogP contribution in [0.4, 0.5) is 0 Å². The first-order valence-corrected chi connectivity index (χ1v) is 9.44. The fraction of sp³-hybridized carbons (Fsp3) is 0.800. The molecule has 0 bridgehead atoms. The van der Waals surface area contributed by atoms with Crippen LogP contribution in [0.2, 0.25) is 0 Å². The molecule has 7 heteroatoms. The van der Waals surface area contributed by atoms with Crippen LogP contribution in [0.1, 0.15) is 39.0 Å². The molecule has 0 saturated heterocycles. The molecule has 1 aromatic heterocycles. The maximum atomic E-state index is 12.8. The second-order valence-electron chi connectivity index (χ2n) is 6.51. The summed E-state index contributed by atoms with van der Waals surface area (Å²) < 4.78 is 34.6. The Morgan fingerprint density at radius 3 is 2.68 bits per heavy atom. The van der Waals surface area contributed by atoms with Crippen molar-refractivity contribution in [3.8, 4) is 0 Å². The molecule has 1 spiro atoms. The van der Waals surface area contributed by atoms with E-state index in [-0.39, 0.29) is 22.5 Å². The molecule has 6 nitrogen and oxygen atoms in total. The maximum absolute atomic E-state index is 12.8. The third-order valence-corrected chi connectivity index (χ3v) is 7.26. The predicted octanol–water partition coefficient (Wildman–Crippen LogP) is 1.78. The van der Waals surface area contributed by atoms with Crippen molar-refractivity contribution >= 4 is 10.0 Å². The number of rotatable bonds is 5. The fourth-order valence-corrected chi connectivity index (χ4v) is 5.66. The number of nitrogens with zero attached hydrogens (tertiary/aromatic N) is 3. The number of aromatic nitrogens is 2. The van der Waals surface area contributed by atoms with Gasteiger partial charge in [0, 0.05) is 38.4 Å². The second kappa shape index (κ2) is 5.62. The van der Waals surface area contributed by atoms with E-state index in [4.69, 9.17) is 4.74 Å². The van der Waals surface area contributed by atoms with Crippen LogP contribution in [-0.2, 0) is 21.8 Å². The highest BCUT2D eigenvalue weighted by Crippen LogP contribution is 2.57. The summed E-state index contributed by atoms with van der Waals surface area (Å²) in [5.41, 5.74) is 0.0139. The predicted molar refractivity (Wildman–Crippen MR) is 82.9 cm³/mol. The van der Waals surface area contributed by atoms with Gasteiger partial charge in [-0.1, -0.05) is 12.8 Å². The van der Waals surface area contributed by atoms with Crippen LogP contribution in [-0.4, -0.2) is 48.3 Å². The first-order valence-electron chi connectivity index (χ1n) is 8.00. The normalized spacial score (nSPS) is 27.5. The van der Waals surface area contributed by atoms with E-state index in [2.05, 4.69) is 5.10 Å². The molecule has 3 rings (SSSR count). The van der Waals surface area contributed by atoms with Gasteiger partial charge in [-0.3, -0.25) is 4.68 Å². The van der Waals surface area contributed by atoms with Crippen LogP contribution in [0, 0.1) is 5.41 Å². The zero-order chi connectivity index (χ0) is 16.0. The second-order valence-corrected chi connectivity index (χ2v) is 8.50. The third kappa shape index (κ3) is 2.30. The molecule has 1 aromatic rings. The van der Waals surface area contributed by atoms with E-state index in [1.54, 1.807) is 24.6 Å². The van der Waals surface area contributed by atoms with E-state index in [1.165, 1.54) is 23.7 Å². The van der Waals surface area contributed by atoms with E-state index < -0.39 is 10.0 Å². The molecule has 2 fully saturated rings. The Labute approximate surface area is 132 Å². The molecule has 0 aromatic carbocycles. The van der Waals surface area contributed by atoms with Crippen LogP contribution < -0.4 is 0 Å². The molecule has 0 amide bonds. The topological polar surface area (TPSA) is 64.4 Å². The minimum absolute atomic E-state index is 0.0139. The summed E-state index contributed by atoms with van der Waals surface area (Å²) >= 11 is 0. The molecule has 2 saturated carbocycles. The van der Waals surface area contributed by atoms with Gasteiger partial charge in [0.25, 0.3) is 0 Å². The molecular formula is C15H25N3O3S. The summed E-state index contributed by atoms with van der Waals surface area (Å²) in [6.07, 6.45) is 8.45. The Bertz CT molecular complexity index is 634. The highest BCUT2D eigenvalue weighted by Gasteiger charge is 2.59. The van der Waals surface area contributed by atoms with Crippen molar-refractivity contribution in [2.45, 2.75) is 56.1 Å². The molecule has 0 N–H and O–H groups in total. The average molecular weight is 327 g/mol. The van der Waals surface area contributed by atoms with Gasteiger partial charge >= 0.3 is 0 Å². The standard InChI is InChI=1S/C15H25N3O3S/c1-4-21-14-9-13(15(14)7-5-6-8-15)18(3)22(19,20)12-10-16-17(2)11-12/h10-11,13-14H,4-9H2,1-3H3/t13-,14-/m1/s1. The molecule has 2 aliphatic rings. The molecule has 1 heterocycles. The lowest BCUT2D eigenvalue weighted by Gasteiger charge is -2.56. The van der Waals surface area contributed by atoms with E-state index in [0.29, 0.717) is 6.61 Å². The molecule has 124 valence electrons. The van der Waals surface area contributed by atoms with Gasteiger partial charge in [-0.15, -0.1) is 0 Å². The molecule has 0 unspecified atom stereocenters. The summed E-state index contributed by atoms with van der Waals surface area (Å²) in [6, 6.07) is 0.0387. The molecule has 22 heavy (non-hydrogen) atoms. The van der Waals surface area contributed by atoms with Gasteiger partial charge in [-0.2, -0.15) is 9.40 Å². The zero-order valence-electron chi connectivity index (χ0n) is 13.5. The van der Waals surface area contributed by atoms with Crippen molar-refractivity contribution in [1.29, 1.82) is 0 Å². The van der Waals surface area contributed by atoms with Gasteiger partial charge in [-0.05, 0) is 26.2 Å². The highest BCUT2D eigenvalue weighted by atomic mass is 32.2. The summed E-state index contributed by atoms with van der Waals surface area (Å²) in [5.74, 6) is 0. The number of hydrogen-bond donors (Lipinski definition) is 0. The van der Waals surface area contributed by atoms with Crippen LogP contribution in [0.5, 0.6) is 0 Å². The monoisotopic (exact) mass is 327 g/mol.